The summed E-state index contributed by atoms with van der Waals surface area (Å²) in [6.07, 6.45) is -4.79. The van der Waals surface area contributed by atoms with E-state index in [4.69, 9.17) is 4.74 Å². The molecule has 36 heavy (non-hydrogen) atoms. The topological polar surface area (TPSA) is 102 Å². The lowest BCUT2D eigenvalue weighted by Crippen LogP contribution is -2.25. The molecule has 0 aliphatic carbocycles. The fourth-order valence-corrected chi connectivity index (χ4v) is 3.90. The molecular formula is C25H20F3N5O3. The lowest BCUT2D eigenvalue weighted by Gasteiger charge is -2.14. The number of anilines is 1. The smallest absolute Gasteiger partial charge is 0.449 e. The molecule has 0 bridgehead atoms. The van der Waals surface area contributed by atoms with E-state index in [0.717, 1.165) is 5.69 Å². The predicted molar refractivity (Wildman–Crippen MR) is 124 cm³/mol. The number of carbonyl (C=O) groups excluding carboxylic acids is 2. The van der Waals surface area contributed by atoms with Gasteiger partial charge in [-0.2, -0.15) is 18.4 Å². The maximum atomic E-state index is 13.4. The fraction of sp³-hybridized carbons (Fsp3) is 0.200. The van der Waals surface area contributed by atoms with E-state index < -0.39 is 37.0 Å². The van der Waals surface area contributed by atoms with Crippen LogP contribution in [-0.4, -0.2) is 32.6 Å². The average Bonchev–Trinajstić information content (AvgIpc) is 3.33. The second-order valence-electron chi connectivity index (χ2n) is 7.93. The van der Waals surface area contributed by atoms with Crippen LogP contribution >= 0.6 is 0 Å². The predicted octanol–water partition coefficient (Wildman–Crippen LogP) is 4.52. The first-order valence-corrected chi connectivity index (χ1v) is 10.8. The highest BCUT2D eigenvalue weighted by Crippen LogP contribution is 2.32. The van der Waals surface area contributed by atoms with Crippen LogP contribution in [0.2, 0.25) is 0 Å². The van der Waals surface area contributed by atoms with Gasteiger partial charge < -0.3 is 14.6 Å². The number of ether oxygens (including phenoxy) is 1. The quantitative estimate of drug-likeness (QED) is 0.397. The Kier molecular flexibility index (Phi) is 6.53. The van der Waals surface area contributed by atoms with E-state index in [0.29, 0.717) is 15.8 Å². The molecule has 8 nitrogen and oxygen atoms in total. The second-order valence-corrected chi connectivity index (χ2v) is 7.93. The molecule has 11 heteroatoms. The van der Waals surface area contributed by atoms with Crippen LogP contribution in [-0.2, 0) is 27.0 Å². The van der Waals surface area contributed by atoms with Gasteiger partial charge in [0.2, 0.25) is 5.82 Å². The first-order chi connectivity index (χ1) is 17.1. The molecule has 1 amide bonds. The van der Waals surface area contributed by atoms with Gasteiger partial charge in [-0.1, -0.05) is 30.3 Å². The third-order valence-corrected chi connectivity index (χ3v) is 5.66. The molecule has 0 radical (unpaired) electrons. The van der Waals surface area contributed by atoms with Crippen LogP contribution in [0.3, 0.4) is 0 Å². The van der Waals surface area contributed by atoms with E-state index in [9.17, 15) is 28.0 Å². The van der Waals surface area contributed by atoms with Crippen molar-refractivity contribution in [3.05, 3.63) is 77.2 Å². The fourth-order valence-electron chi connectivity index (χ4n) is 3.90. The summed E-state index contributed by atoms with van der Waals surface area (Å²) in [6.45, 7) is 2.00. The minimum absolute atomic E-state index is 0.0758. The van der Waals surface area contributed by atoms with E-state index in [1.165, 1.54) is 24.3 Å². The molecule has 4 aromatic rings. The number of esters is 1. The Balaban J connectivity index is 1.51. The number of nitrogens with zero attached hydrogens (tertiary/aromatic N) is 4. The number of para-hydroxylation sites is 3. The van der Waals surface area contributed by atoms with E-state index in [-0.39, 0.29) is 22.4 Å². The molecule has 0 aliphatic heterocycles. The van der Waals surface area contributed by atoms with Gasteiger partial charge in [0.1, 0.15) is 18.4 Å². The van der Waals surface area contributed by atoms with Crippen molar-refractivity contribution in [1.29, 1.82) is 5.26 Å². The third-order valence-electron chi connectivity index (χ3n) is 5.66. The Labute approximate surface area is 203 Å². The molecule has 2 aromatic carbocycles. The molecule has 0 atom stereocenters. The molecule has 0 fully saturated rings. The largest absolute Gasteiger partial charge is 0.454 e. The van der Waals surface area contributed by atoms with Crippen molar-refractivity contribution in [2.75, 3.05) is 11.9 Å². The molecule has 0 aliphatic rings. The van der Waals surface area contributed by atoms with Gasteiger partial charge in [-0.3, -0.25) is 14.2 Å². The molecule has 184 valence electrons. The van der Waals surface area contributed by atoms with Crippen LogP contribution in [0.1, 0.15) is 22.6 Å². The number of benzene rings is 2. The number of nitriles is 1. The van der Waals surface area contributed by atoms with Crippen LogP contribution in [0.5, 0.6) is 0 Å². The maximum absolute atomic E-state index is 13.4. The van der Waals surface area contributed by atoms with Crippen molar-refractivity contribution in [2.45, 2.75) is 26.6 Å². The molecule has 0 saturated heterocycles. The highest BCUT2D eigenvalue weighted by molar-refractivity contribution is 5.94. The summed E-state index contributed by atoms with van der Waals surface area (Å²) in [5, 5.41) is 12.2. The van der Waals surface area contributed by atoms with Gasteiger partial charge >= 0.3 is 12.1 Å². The number of imidazole rings is 1. The normalized spacial score (nSPS) is 11.3. The van der Waals surface area contributed by atoms with Crippen LogP contribution in [0.15, 0.2) is 54.6 Å². The van der Waals surface area contributed by atoms with Crippen LogP contribution in [0.25, 0.3) is 16.7 Å². The summed E-state index contributed by atoms with van der Waals surface area (Å²) < 4.78 is 47.7. The highest BCUT2D eigenvalue weighted by atomic mass is 19.4. The van der Waals surface area contributed by atoms with Crippen molar-refractivity contribution in [2.24, 2.45) is 0 Å². The standard InChI is InChI=1S/C25H20F3N5O3/c1-15-16(2)33(17-8-4-3-5-9-17)23(18(15)12-29)31-21(34)14-36-22(35)13-32-20-11-7-6-10-19(20)30-24(32)25(26,27)28/h3-11H,13-14H2,1-2H3,(H,31,34). The van der Waals surface area contributed by atoms with Gasteiger partial charge in [-0.25, -0.2) is 4.98 Å². The zero-order valence-corrected chi connectivity index (χ0v) is 19.3. The summed E-state index contributed by atoms with van der Waals surface area (Å²) in [7, 11) is 0. The molecule has 0 spiro atoms. The van der Waals surface area contributed by atoms with Crippen LogP contribution in [0, 0.1) is 25.2 Å². The molecule has 2 heterocycles. The first-order valence-electron chi connectivity index (χ1n) is 10.8. The number of rotatable bonds is 6. The number of nitrogens with one attached hydrogen (secondary N) is 1. The summed E-state index contributed by atoms with van der Waals surface area (Å²) in [5.41, 5.74) is 2.54. The second kappa shape index (κ2) is 9.58. The Morgan fingerprint density at radius 1 is 1.08 bits per heavy atom. The van der Waals surface area contributed by atoms with Gasteiger partial charge in [0, 0.05) is 11.4 Å². The minimum Gasteiger partial charge on any atom is -0.454 e. The maximum Gasteiger partial charge on any atom is 0.449 e. The third kappa shape index (κ3) is 4.65. The SMILES string of the molecule is Cc1c(C#N)c(NC(=O)COC(=O)Cn2c(C(F)(F)F)nc3ccccc32)n(-c2ccccc2)c1C. The number of halogens is 3. The van der Waals surface area contributed by atoms with Crippen molar-refractivity contribution in [1.82, 2.24) is 14.1 Å². The van der Waals surface area contributed by atoms with Crippen molar-refractivity contribution < 1.29 is 27.5 Å². The Bertz CT molecular complexity index is 1500. The lowest BCUT2D eigenvalue weighted by molar-refractivity contribution is -0.152. The number of hydrogen-bond donors (Lipinski definition) is 1. The van der Waals surface area contributed by atoms with E-state index >= 15 is 0 Å². The summed E-state index contributed by atoms with van der Waals surface area (Å²) in [5.74, 6) is -2.83. The monoisotopic (exact) mass is 495 g/mol. The van der Waals surface area contributed by atoms with Gasteiger partial charge in [-0.05, 0) is 43.7 Å². The summed E-state index contributed by atoms with van der Waals surface area (Å²) in [6, 6.07) is 17.0. The average molecular weight is 495 g/mol. The molecular weight excluding hydrogens is 475 g/mol. The van der Waals surface area contributed by atoms with Crippen molar-refractivity contribution in [3.8, 4) is 11.8 Å². The van der Waals surface area contributed by atoms with Crippen molar-refractivity contribution in [3.63, 3.8) is 0 Å². The number of fused-ring (bicyclic) bond motifs is 1. The minimum atomic E-state index is -4.79. The van der Waals surface area contributed by atoms with Gasteiger partial charge in [-0.15, -0.1) is 0 Å². The number of alkyl halides is 3. The number of amides is 1. The van der Waals surface area contributed by atoms with Gasteiger partial charge in [0.25, 0.3) is 5.91 Å². The van der Waals surface area contributed by atoms with Crippen molar-refractivity contribution >= 4 is 28.7 Å². The van der Waals surface area contributed by atoms with Crippen LogP contribution in [0.4, 0.5) is 19.0 Å². The first kappa shape index (κ1) is 24.5. The highest BCUT2D eigenvalue weighted by Gasteiger charge is 2.38. The van der Waals surface area contributed by atoms with Crippen LogP contribution < -0.4 is 5.32 Å². The number of hydrogen-bond acceptors (Lipinski definition) is 5. The number of carbonyl (C=O) groups is 2. The number of aromatic nitrogens is 3. The van der Waals surface area contributed by atoms with Gasteiger partial charge in [0.05, 0.1) is 16.6 Å². The summed E-state index contributed by atoms with van der Waals surface area (Å²) in [4.78, 5) is 28.6. The van der Waals surface area contributed by atoms with E-state index in [1.54, 1.807) is 42.7 Å². The zero-order valence-electron chi connectivity index (χ0n) is 19.3. The Morgan fingerprint density at radius 2 is 1.75 bits per heavy atom. The Morgan fingerprint density at radius 3 is 2.42 bits per heavy atom. The van der Waals surface area contributed by atoms with E-state index in [2.05, 4.69) is 16.4 Å². The van der Waals surface area contributed by atoms with E-state index in [1.807, 2.05) is 6.07 Å². The molecule has 0 saturated carbocycles. The molecule has 1 N–H and O–H groups in total. The Hall–Kier alpha value is -4.59. The van der Waals surface area contributed by atoms with Gasteiger partial charge in [0.15, 0.2) is 6.61 Å². The molecule has 2 aromatic heterocycles. The lowest BCUT2D eigenvalue weighted by atomic mass is 10.2. The zero-order chi connectivity index (χ0) is 26.0. The summed E-state index contributed by atoms with van der Waals surface area (Å²) >= 11 is 0. The molecule has 4 rings (SSSR count). The molecule has 0 unspecified atom stereocenters.